The summed E-state index contributed by atoms with van der Waals surface area (Å²) in [6.45, 7) is 3.32. The van der Waals surface area contributed by atoms with Crippen molar-refractivity contribution in [3.63, 3.8) is 0 Å². The van der Waals surface area contributed by atoms with Gasteiger partial charge in [0.2, 0.25) is 0 Å². The molecule has 0 spiro atoms. The largest absolute Gasteiger partial charge is 0.573 e. The Morgan fingerprint density at radius 1 is 1.24 bits per heavy atom. The second-order valence-electron chi connectivity index (χ2n) is 5.58. The number of nitrogens with one attached hydrogen (secondary N) is 1. The highest BCUT2D eigenvalue weighted by molar-refractivity contribution is 9.10. The number of anilines is 1. The number of ether oxygens (including phenoxy) is 1. The molecule has 21 heavy (non-hydrogen) atoms. The molecule has 116 valence electrons. The second kappa shape index (κ2) is 5.68. The molecule has 7 heteroatoms. The van der Waals surface area contributed by atoms with Gasteiger partial charge >= 0.3 is 6.36 Å². The van der Waals surface area contributed by atoms with Gasteiger partial charge in [-0.1, -0.05) is 0 Å². The maximum Gasteiger partial charge on any atom is 0.573 e. The smallest absolute Gasteiger partial charge is 0.405 e. The lowest BCUT2D eigenvalue weighted by molar-refractivity contribution is -0.274. The Labute approximate surface area is 129 Å². The summed E-state index contributed by atoms with van der Waals surface area (Å²) in [6.07, 6.45) is -2.30. The van der Waals surface area contributed by atoms with E-state index < -0.39 is 6.36 Å². The summed E-state index contributed by atoms with van der Waals surface area (Å²) in [7, 11) is 0. The van der Waals surface area contributed by atoms with Crippen LogP contribution in [-0.4, -0.2) is 36.9 Å². The molecule has 3 aliphatic heterocycles. The van der Waals surface area contributed by atoms with Crippen molar-refractivity contribution in [2.75, 3.05) is 25.0 Å². The van der Waals surface area contributed by atoms with Crippen LogP contribution in [0.3, 0.4) is 0 Å². The Morgan fingerprint density at radius 2 is 1.95 bits per heavy atom. The van der Waals surface area contributed by atoms with Gasteiger partial charge in [0.05, 0.1) is 4.47 Å². The zero-order chi connectivity index (χ0) is 15.0. The van der Waals surface area contributed by atoms with Crippen LogP contribution >= 0.6 is 15.9 Å². The van der Waals surface area contributed by atoms with Crippen molar-refractivity contribution in [3.05, 3.63) is 22.7 Å². The highest BCUT2D eigenvalue weighted by Crippen LogP contribution is 2.34. The molecular formula is C14H16BrF3N2O. The Bertz CT molecular complexity index is 515. The molecule has 3 fully saturated rings. The van der Waals surface area contributed by atoms with E-state index in [0.717, 1.165) is 25.3 Å². The molecule has 1 aromatic carbocycles. The summed E-state index contributed by atoms with van der Waals surface area (Å²) in [5, 5.41) is 3.43. The molecule has 0 aromatic heterocycles. The van der Waals surface area contributed by atoms with Gasteiger partial charge < -0.3 is 15.0 Å². The van der Waals surface area contributed by atoms with Crippen LogP contribution in [0.4, 0.5) is 18.9 Å². The van der Waals surface area contributed by atoms with Crippen molar-refractivity contribution in [2.24, 2.45) is 5.92 Å². The number of nitrogens with zero attached hydrogens (tertiary/aromatic N) is 1. The molecule has 1 aromatic rings. The Morgan fingerprint density at radius 3 is 2.48 bits per heavy atom. The number of piperidine rings is 3. The molecule has 4 rings (SSSR count). The van der Waals surface area contributed by atoms with E-state index in [1.165, 1.54) is 18.9 Å². The lowest BCUT2D eigenvalue weighted by atomic mass is 9.84. The SMILES string of the molecule is FC(F)(F)Oc1ccc(NC2CN3CCC2CC3)cc1Br. The van der Waals surface area contributed by atoms with E-state index in [4.69, 9.17) is 0 Å². The van der Waals surface area contributed by atoms with Crippen LogP contribution in [0.25, 0.3) is 0 Å². The highest BCUT2D eigenvalue weighted by atomic mass is 79.9. The average Bonchev–Trinajstić information content (AvgIpc) is 2.42. The van der Waals surface area contributed by atoms with Gasteiger partial charge in [0, 0.05) is 18.3 Å². The quantitative estimate of drug-likeness (QED) is 0.881. The predicted molar refractivity (Wildman–Crippen MR) is 77.4 cm³/mol. The minimum absolute atomic E-state index is 0.220. The molecule has 0 radical (unpaired) electrons. The van der Waals surface area contributed by atoms with Crippen LogP contribution in [-0.2, 0) is 0 Å². The van der Waals surface area contributed by atoms with Gasteiger partial charge in [-0.05, 0) is 66.0 Å². The number of alkyl halides is 3. The number of rotatable bonds is 3. The molecule has 0 aliphatic carbocycles. The molecule has 0 amide bonds. The fourth-order valence-electron chi connectivity index (χ4n) is 3.14. The summed E-state index contributed by atoms with van der Waals surface area (Å²) in [6, 6.07) is 4.97. The first-order valence-electron chi connectivity index (χ1n) is 6.95. The van der Waals surface area contributed by atoms with Crippen molar-refractivity contribution in [2.45, 2.75) is 25.2 Å². The van der Waals surface area contributed by atoms with Crippen molar-refractivity contribution in [1.82, 2.24) is 4.90 Å². The van der Waals surface area contributed by atoms with E-state index in [-0.39, 0.29) is 5.75 Å². The normalized spacial score (nSPS) is 28.5. The van der Waals surface area contributed by atoms with Crippen molar-refractivity contribution in [3.8, 4) is 5.75 Å². The minimum Gasteiger partial charge on any atom is -0.405 e. The fourth-order valence-corrected chi connectivity index (χ4v) is 3.60. The van der Waals surface area contributed by atoms with E-state index in [1.807, 2.05) is 0 Å². The van der Waals surface area contributed by atoms with Gasteiger partial charge in [-0.15, -0.1) is 13.2 Å². The third kappa shape index (κ3) is 3.63. The van der Waals surface area contributed by atoms with Gasteiger partial charge in [-0.25, -0.2) is 0 Å². The predicted octanol–water partition coefficient (Wildman–Crippen LogP) is 3.85. The minimum atomic E-state index is -4.67. The van der Waals surface area contributed by atoms with E-state index >= 15 is 0 Å². The molecular weight excluding hydrogens is 349 g/mol. The van der Waals surface area contributed by atoms with Crippen LogP contribution in [0.5, 0.6) is 5.75 Å². The number of halogens is 4. The van der Waals surface area contributed by atoms with Crippen molar-refractivity contribution < 1.29 is 17.9 Å². The molecule has 3 heterocycles. The van der Waals surface area contributed by atoms with Crippen LogP contribution in [0.2, 0.25) is 0 Å². The molecule has 2 bridgehead atoms. The molecule has 3 saturated heterocycles. The average molecular weight is 365 g/mol. The number of benzene rings is 1. The van der Waals surface area contributed by atoms with Crippen molar-refractivity contribution in [1.29, 1.82) is 0 Å². The summed E-state index contributed by atoms with van der Waals surface area (Å²) in [5.74, 6) is 0.432. The van der Waals surface area contributed by atoms with Crippen LogP contribution in [0.15, 0.2) is 22.7 Å². The lowest BCUT2D eigenvalue weighted by Crippen LogP contribution is -2.53. The van der Waals surface area contributed by atoms with Gasteiger partial charge in [-0.2, -0.15) is 0 Å². The van der Waals surface area contributed by atoms with E-state index in [1.54, 1.807) is 12.1 Å². The van der Waals surface area contributed by atoms with E-state index in [0.29, 0.717) is 16.4 Å². The zero-order valence-corrected chi connectivity index (χ0v) is 12.9. The zero-order valence-electron chi connectivity index (χ0n) is 11.3. The van der Waals surface area contributed by atoms with Crippen LogP contribution in [0.1, 0.15) is 12.8 Å². The standard InChI is InChI=1S/C14H16BrF3N2O/c15-11-7-10(1-2-13(11)21-14(16,17)18)19-12-8-20-5-3-9(12)4-6-20/h1-2,7,9,12,19H,3-6,8H2. The Balaban J connectivity index is 1.68. The summed E-state index contributed by atoms with van der Waals surface area (Å²) in [5.41, 5.74) is 0.815. The highest BCUT2D eigenvalue weighted by Gasteiger charge is 2.34. The first-order valence-corrected chi connectivity index (χ1v) is 7.74. The van der Waals surface area contributed by atoms with E-state index in [2.05, 4.69) is 30.9 Å². The topological polar surface area (TPSA) is 24.5 Å². The summed E-state index contributed by atoms with van der Waals surface area (Å²) >= 11 is 3.13. The second-order valence-corrected chi connectivity index (χ2v) is 6.44. The molecule has 1 N–H and O–H groups in total. The van der Waals surface area contributed by atoms with E-state index in [9.17, 15) is 13.2 Å². The molecule has 1 unspecified atom stereocenters. The van der Waals surface area contributed by atoms with Crippen LogP contribution in [0, 0.1) is 5.92 Å². The molecule has 1 atom stereocenters. The van der Waals surface area contributed by atoms with Gasteiger partial charge in [0.25, 0.3) is 0 Å². The van der Waals surface area contributed by atoms with Crippen molar-refractivity contribution >= 4 is 21.6 Å². The van der Waals surface area contributed by atoms with Gasteiger partial charge in [0.1, 0.15) is 5.75 Å². The third-order valence-corrected chi connectivity index (χ3v) is 4.79. The summed E-state index contributed by atoms with van der Waals surface area (Å²) < 4.78 is 40.9. The Hall–Kier alpha value is -0.950. The maximum atomic E-state index is 12.2. The monoisotopic (exact) mass is 364 g/mol. The fraction of sp³-hybridized carbons (Fsp3) is 0.571. The first kappa shape index (κ1) is 15.0. The summed E-state index contributed by atoms with van der Waals surface area (Å²) in [4.78, 5) is 2.42. The molecule has 3 nitrogen and oxygen atoms in total. The third-order valence-electron chi connectivity index (χ3n) is 4.17. The maximum absolute atomic E-state index is 12.2. The molecule has 0 saturated carbocycles. The first-order chi connectivity index (χ1) is 9.90. The number of fused-ring (bicyclic) bond motifs is 3. The number of hydrogen-bond donors (Lipinski definition) is 1. The number of hydrogen-bond acceptors (Lipinski definition) is 3. The van der Waals surface area contributed by atoms with Gasteiger partial charge in [-0.3, -0.25) is 0 Å². The van der Waals surface area contributed by atoms with Gasteiger partial charge in [0.15, 0.2) is 0 Å². The Kier molecular flexibility index (Phi) is 4.05. The molecule has 3 aliphatic rings. The van der Waals surface area contributed by atoms with Crippen LogP contribution < -0.4 is 10.1 Å². The lowest BCUT2D eigenvalue weighted by Gasteiger charge is -2.45.